The third-order valence-corrected chi connectivity index (χ3v) is 2.87. The van der Waals surface area contributed by atoms with Gasteiger partial charge in [0.15, 0.2) is 0 Å². The maximum absolute atomic E-state index is 11.9. The van der Waals surface area contributed by atoms with Crippen LogP contribution in [0, 0.1) is 5.92 Å². The second-order valence-corrected chi connectivity index (χ2v) is 3.89. The van der Waals surface area contributed by atoms with E-state index in [9.17, 15) is 4.79 Å². The van der Waals surface area contributed by atoms with Crippen molar-refractivity contribution in [3.05, 3.63) is 18.4 Å². The van der Waals surface area contributed by atoms with Crippen molar-refractivity contribution in [3.8, 4) is 0 Å². The summed E-state index contributed by atoms with van der Waals surface area (Å²) in [5, 5.41) is 0. The van der Waals surface area contributed by atoms with Crippen LogP contribution in [-0.4, -0.2) is 10.8 Å². The van der Waals surface area contributed by atoms with E-state index in [4.69, 9.17) is 4.42 Å². The molecule has 0 unspecified atom stereocenters. The Balaban J connectivity index is 2.03. The Labute approximate surface area is 83.5 Å². The molecule has 1 aromatic rings. The molecule has 3 nitrogen and oxygen atoms in total. The molecule has 1 heterocycles. The van der Waals surface area contributed by atoms with Crippen LogP contribution in [0.1, 0.15) is 49.2 Å². The summed E-state index contributed by atoms with van der Waals surface area (Å²) < 4.78 is 5.03. The first kappa shape index (κ1) is 9.44. The lowest BCUT2D eigenvalue weighted by atomic mass is 9.95. The second kappa shape index (κ2) is 4.40. The Morgan fingerprint density at radius 2 is 2.00 bits per heavy atom. The number of ketones is 1. The van der Waals surface area contributed by atoms with Gasteiger partial charge in [0, 0.05) is 5.92 Å². The van der Waals surface area contributed by atoms with Crippen molar-refractivity contribution in [1.82, 2.24) is 4.98 Å². The first-order valence-corrected chi connectivity index (χ1v) is 5.31. The number of rotatable bonds is 2. The molecular weight excluding hydrogens is 178 g/mol. The van der Waals surface area contributed by atoms with Gasteiger partial charge in [0.2, 0.25) is 5.78 Å². The highest BCUT2D eigenvalue weighted by molar-refractivity contribution is 5.93. The molecule has 14 heavy (non-hydrogen) atoms. The summed E-state index contributed by atoms with van der Waals surface area (Å²) in [5.41, 5.74) is 0. The SMILES string of the molecule is O=C(c1ncco1)C1CCCCCC1. The predicted molar refractivity (Wildman–Crippen MR) is 52.0 cm³/mol. The maximum atomic E-state index is 11.9. The van der Waals surface area contributed by atoms with Crippen molar-refractivity contribution >= 4 is 5.78 Å². The van der Waals surface area contributed by atoms with Crippen LogP contribution >= 0.6 is 0 Å². The van der Waals surface area contributed by atoms with Crippen molar-refractivity contribution in [2.45, 2.75) is 38.5 Å². The number of carbonyl (C=O) groups excluding carboxylic acids is 1. The Morgan fingerprint density at radius 1 is 1.29 bits per heavy atom. The van der Waals surface area contributed by atoms with Gasteiger partial charge in [-0.15, -0.1) is 0 Å². The second-order valence-electron chi connectivity index (χ2n) is 3.89. The molecule has 0 N–H and O–H groups in total. The summed E-state index contributed by atoms with van der Waals surface area (Å²) in [6.45, 7) is 0. The lowest BCUT2D eigenvalue weighted by molar-refractivity contribution is 0.0872. The molecule has 2 rings (SSSR count). The van der Waals surface area contributed by atoms with Crippen LogP contribution in [0.5, 0.6) is 0 Å². The molecule has 0 aromatic carbocycles. The molecular formula is C11H15NO2. The van der Waals surface area contributed by atoms with Crippen molar-refractivity contribution in [1.29, 1.82) is 0 Å². The highest BCUT2D eigenvalue weighted by Gasteiger charge is 2.24. The molecule has 1 aliphatic rings. The van der Waals surface area contributed by atoms with E-state index in [1.165, 1.54) is 25.3 Å². The van der Waals surface area contributed by atoms with Crippen LogP contribution < -0.4 is 0 Å². The molecule has 1 saturated carbocycles. The van der Waals surface area contributed by atoms with E-state index in [0.717, 1.165) is 25.7 Å². The summed E-state index contributed by atoms with van der Waals surface area (Å²) in [5.74, 6) is 0.532. The first-order chi connectivity index (χ1) is 6.88. The molecule has 1 aliphatic carbocycles. The average molecular weight is 193 g/mol. The van der Waals surface area contributed by atoms with Gasteiger partial charge in [0.05, 0.1) is 6.20 Å². The number of Topliss-reactive ketones (excluding diaryl/α,β-unsaturated/α-hetero) is 1. The minimum atomic E-state index is 0.0944. The molecule has 1 fully saturated rings. The molecule has 3 heteroatoms. The van der Waals surface area contributed by atoms with Crippen LogP contribution in [0.15, 0.2) is 16.9 Å². The molecule has 0 aliphatic heterocycles. The van der Waals surface area contributed by atoms with E-state index in [1.807, 2.05) is 0 Å². The average Bonchev–Trinajstić information content (AvgIpc) is 2.59. The summed E-state index contributed by atoms with van der Waals surface area (Å²) >= 11 is 0. The number of oxazole rings is 1. The van der Waals surface area contributed by atoms with Crippen LogP contribution in [0.2, 0.25) is 0 Å². The number of nitrogens with zero attached hydrogens (tertiary/aromatic N) is 1. The highest BCUT2D eigenvalue weighted by atomic mass is 16.3. The number of aromatic nitrogens is 1. The van der Waals surface area contributed by atoms with E-state index in [2.05, 4.69) is 4.98 Å². The molecule has 1 aromatic heterocycles. The molecule has 0 atom stereocenters. The third kappa shape index (κ3) is 2.03. The van der Waals surface area contributed by atoms with E-state index >= 15 is 0 Å². The van der Waals surface area contributed by atoms with E-state index < -0.39 is 0 Å². The fraction of sp³-hybridized carbons (Fsp3) is 0.636. The molecule has 0 bridgehead atoms. The van der Waals surface area contributed by atoms with E-state index in [0.29, 0.717) is 0 Å². The van der Waals surface area contributed by atoms with Crippen molar-refractivity contribution < 1.29 is 9.21 Å². The number of hydrogen-bond acceptors (Lipinski definition) is 3. The summed E-state index contributed by atoms with van der Waals surface area (Å²) in [7, 11) is 0. The summed E-state index contributed by atoms with van der Waals surface area (Å²) in [4.78, 5) is 15.8. The molecule has 76 valence electrons. The number of hydrogen-bond donors (Lipinski definition) is 0. The Bertz CT molecular complexity index is 284. The minimum Gasteiger partial charge on any atom is -0.442 e. The van der Waals surface area contributed by atoms with Crippen LogP contribution in [0.25, 0.3) is 0 Å². The van der Waals surface area contributed by atoms with Crippen LogP contribution in [0.4, 0.5) is 0 Å². The van der Waals surface area contributed by atoms with Crippen LogP contribution in [0.3, 0.4) is 0 Å². The van der Waals surface area contributed by atoms with Gasteiger partial charge >= 0.3 is 0 Å². The molecule has 0 amide bonds. The smallest absolute Gasteiger partial charge is 0.263 e. The van der Waals surface area contributed by atoms with Gasteiger partial charge in [0.1, 0.15) is 6.26 Å². The topological polar surface area (TPSA) is 43.1 Å². The van der Waals surface area contributed by atoms with Crippen molar-refractivity contribution in [2.75, 3.05) is 0 Å². The summed E-state index contributed by atoms with van der Waals surface area (Å²) in [6, 6.07) is 0. The largest absolute Gasteiger partial charge is 0.442 e. The van der Waals surface area contributed by atoms with E-state index in [1.54, 1.807) is 0 Å². The maximum Gasteiger partial charge on any atom is 0.263 e. The molecule has 0 spiro atoms. The predicted octanol–water partition coefficient (Wildman–Crippen LogP) is 2.83. The quantitative estimate of drug-likeness (QED) is 0.535. The molecule has 0 radical (unpaired) electrons. The van der Waals surface area contributed by atoms with E-state index in [-0.39, 0.29) is 17.6 Å². The zero-order valence-electron chi connectivity index (χ0n) is 8.24. The van der Waals surface area contributed by atoms with Gasteiger partial charge in [-0.3, -0.25) is 4.79 Å². The van der Waals surface area contributed by atoms with Gasteiger partial charge in [-0.1, -0.05) is 25.7 Å². The lowest BCUT2D eigenvalue weighted by Gasteiger charge is -2.09. The number of carbonyl (C=O) groups is 1. The minimum absolute atomic E-state index is 0.0944. The van der Waals surface area contributed by atoms with Gasteiger partial charge < -0.3 is 4.42 Å². The third-order valence-electron chi connectivity index (χ3n) is 2.87. The summed E-state index contributed by atoms with van der Waals surface area (Å²) in [6.07, 6.45) is 9.84. The Morgan fingerprint density at radius 3 is 2.57 bits per heavy atom. The molecule has 0 saturated heterocycles. The van der Waals surface area contributed by atoms with Crippen LogP contribution in [-0.2, 0) is 0 Å². The van der Waals surface area contributed by atoms with Crippen molar-refractivity contribution in [3.63, 3.8) is 0 Å². The zero-order valence-corrected chi connectivity index (χ0v) is 8.24. The Kier molecular flexibility index (Phi) is 2.96. The fourth-order valence-electron chi connectivity index (χ4n) is 2.06. The van der Waals surface area contributed by atoms with Gasteiger partial charge in [0.25, 0.3) is 5.89 Å². The fourth-order valence-corrected chi connectivity index (χ4v) is 2.06. The standard InChI is InChI=1S/C11H15NO2/c13-10(11-12-7-8-14-11)9-5-3-1-2-4-6-9/h7-9H,1-6H2. The Hall–Kier alpha value is -1.12. The van der Waals surface area contributed by atoms with Gasteiger partial charge in [-0.05, 0) is 12.8 Å². The first-order valence-electron chi connectivity index (χ1n) is 5.31. The highest BCUT2D eigenvalue weighted by Crippen LogP contribution is 2.25. The van der Waals surface area contributed by atoms with Gasteiger partial charge in [-0.2, -0.15) is 0 Å². The lowest BCUT2D eigenvalue weighted by Crippen LogP contribution is -2.14. The zero-order chi connectivity index (χ0) is 9.80. The normalized spacial score (nSPS) is 19.1. The monoisotopic (exact) mass is 193 g/mol. The van der Waals surface area contributed by atoms with Crippen molar-refractivity contribution in [2.24, 2.45) is 5.92 Å². The van der Waals surface area contributed by atoms with Gasteiger partial charge in [-0.25, -0.2) is 4.98 Å².